The number of nitrogens with one attached hydrogen (secondary N) is 1. The SMILES string of the molecule is Cc1ncc(CNCC(C)C)n1Cc1ccc(F)c(Cl)c1. The largest absolute Gasteiger partial charge is 0.327 e. The molecule has 21 heavy (non-hydrogen) atoms. The Kier molecular flexibility index (Phi) is 5.37. The van der Waals surface area contributed by atoms with Crippen LogP contribution in [0.25, 0.3) is 0 Å². The van der Waals surface area contributed by atoms with E-state index in [1.165, 1.54) is 6.07 Å². The average molecular weight is 310 g/mol. The third-order valence-electron chi connectivity index (χ3n) is 3.32. The van der Waals surface area contributed by atoms with Crippen molar-refractivity contribution in [3.63, 3.8) is 0 Å². The fraction of sp³-hybridized carbons (Fsp3) is 0.438. The lowest BCUT2D eigenvalue weighted by molar-refractivity contribution is 0.537. The Balaban J connectivity index is 2.11. The number of imidazole rings is 1. The fourth-order valence-electron chi connectivity index (χ4n) is 2.18. The van der Waals surface area contributed by atoms with Crippen LogP contribution in [0.3, 0.4) is 0 Å². The molecule has 3 nitrogen and oxygen atoms in total. The number of hydrogen-bond donors (Lipinski definition) is 1. The topological polar surface area (TPSA) is 29.9 Å². The third-order valence-corrected chi connectivity index (χ3v) is 3.61. The summed E-state index contributed by atoms with van der Waals surface area (Å²) >= 11 is 5.84. The van der Waals surface area contributed by atoms with Crippen LogP contribution in [0.15, 0.2) is 24.4 Å². The van der Waals surface area contributed by atoms with Crippen LogP contribution in [0.5, 0.6) is 0 Å². The first kappa shape index (κ1) is 16.0. The zero-order valence-corrected chi connectivity index (χ0v) is 13.4. The number of benzene rings is 1. The van der Waals surface area contributed by atoms with Crippen molar-refractivity contribution >= 4 is 11.6 Å². The van der Waals surface area contributed by atoms with Gasteiger partial charge in [-0.05, 0) is 37.1 Å². The van der Waals surface area contributed by atoms with Crippen LogP contribution in [-0.2, 0) is 13.1 Å². The van der Waals surface area contributed by atoms with Crippen LogP contribution in [0, 0.1) is 18.7 Å². The molecule has 0 spiro atoms. The monoisotopic (exact) mass is 309 g/mol. The molecule has 1 N–H and O–H groups in total. The summed E-state index contributed by atoms with van der Waals surface area (Å²) in [4.78, 5) is 4.37. The number of aromatic nitrogens is 2. The van der Waals surface area contributed by atoms with Gasteiger partial charge in [-0.25, -0.2) is 9.37 Å². The Labute approximate surface area is 130 Å². The molecule has 0 unspecified atom stereocenters. The van der Waals surface area contributed by atoms with Gasteiger partial charge in [0, 0.05) is 19.3 Å². The van der Waals surface area contributed by atoms with Crippen LogP contribution in [0.2, 0.25) is 5.02 Å². The molecule has 0 saturated carbocycles. The third kappa shape index (κ3) is 4.29. The number of nitrogens with zero attached hydrogens (tertiary/aromatic N) is 2. The van der Waals surface area contributed by atoms with E-state index in [9.17, 15) is 4.39 Å². The Morgan fingerprint density at radius 2 is 2.14 bits per heavy atom. The van der Waals surface area contributed by atoms with Gasteiger partial charge in [-0.15, -0.1) is 0 Å². The standard InChI is InChI=1S/C16H21ClFN3/c1-11(2)7-19-8-14-9-20-12(3)21(14)10-13-4-5-16(18)15(17)6-13/h4-6,9,11,19H,7-8,10H2,1-3H3. The molecular weight excluding hydrogens is 289 g/mol. The minimum atomic E-state index is -0.387. The van der Waals surface area contributed by atoms with Crippen molar-refractivity contribution < 1.29 is 4.39 Å². The molecule has 0 aliphatic carbocycles. The molecule has 0 radical (unpaired) electrons. The van der Waals surface area contributed by atoms with Crippen molar-refractivity contribution in [2.75, 3.05) is 6.54 Å². The van der Waals surface area contributed by atoms with Crippen LogP contribution in [0.4, 0.5) is 4.39 Å². The first-order valence-corrected chi connectivity index (χ1v) is 7.51. The summed E-state index contributed by atoms with van der Waals surface area (Å²) in [7, 11) is 0. The highest BCUT2D eigenvalue weighted by atomic mass is 35.5. The summed E-state index contributed by atoms with van der Waals surface area (Å²) in [6.45, 7) is 8.70. The minimum Gasteiger partial charge on any atom is -0.327 e. The Morgan fingerprint density at radius 3 is 2.81 bits per heavy atom. The summed E-state index contributed by atoms with van der Waals surface area (Å²) < 4.78 is 15.3. The van der Waals surface area contributed by atoms with Crippen molar-refractivity contribution in [1.29, 1.82) is 0 Å². The van der Waals surface area contributed by atoms with Crippen LogP contribution < -0.4 is 5.32 Å². The van der Waals surface area contributed by atoms with Gasteiger partial charge < -0.3 is 9.88 Å². The molecule has 1 aromatic heterocycles. The van der Waals surface area contributed by atoms with Crippen molar-refractivity contribution in [2.45, 2.75) is 33.9 Å². The predicted molar refractivity (Wildman–Crippen MR) is 84.0 cm³/mol. The first-order chi connectivity index (χ1) is 9.97. The van der Waals surface area contributed by atoms with Gasteiger partial charge in [0.2, 0.25) is 0 Å². The maximum Gasteiger partial charge on any atom is 0.141 e. The molecule has 0 saturated heterocycles. The van der Waals surface area contributed by atoms with E-state index >= 15 is 0 Å². The van der Waals surface area contributed by atoms with E-state index < -0.39 is 0 Å². The lowest BCUT2D eigenvalue weighted by Gasteiger charge is -2.12. The molecule has 1 aromatic carbocycles. The summed E-state index contributed by atoms with van der Waals surface area (Å²) in [5.74, 6) is 1.16. The zero-order valence-electron chi connectivity index (χ0n) is 12.7. The molecular formula is C16H21ClFN3. The molecule has 0 bridgehead atoms. The number of rotatable bonds is 6. The van der Waals surface area contributed by atoms with E-state index in [0.29, 0.717) is 12.5 Å². The number of hydrogen-bond acceptors (Lipinski definition) is 2. The fourth-order valence-corrected chi connectivity index (χ4v) is 2.38. The van der Waals surface area contributed by atoms with Crippen molar-refractivity contribution in [3.8, 4) is 0 Å². The summed E-state index contributed by atoms with van der Waals surface area (Å²) in [6.07, 6.45) is 1.88. The normalized spacial score (nSPS) is 11.3. The Hall–Kier alpha value is -1.39. The van der Waals surface area contributed by atoms with Gasteiger partial charge in [0.1, 0.15) is 11.6 Å². The number of aryl methyl sites for hydroxylation is 1. The highest BCUT2D eigenvalue weighted by Crippen LogP contribution is 2.18. The zero-order chi connectivity index (χ0) is 15.4. The van der Waals surface area contributed by atoms with Crippen LogP contribution in [0.1, 0.15) is 30.9 Å². The van der Waals surface area contributed by atoms with E-state index in [1.807, 2.05) is 13.1 Å². The van der Waals surface area contributed by atoms with Gasteiger partial charge in [-0.1, -0.05) is 31.5 Å². The van der Waals surface area contributed by atoms with Crippen molar-refractivity contribution in [2.24, 2.45) is 5.92 Å². The van der Waals surface area contributed by atoms with E-state index in [2.05, 4.69) is 28.7 Å². The summed E-state index contributed by atoms with van der Waals surface area (Å²) in [6, 6.07) is 4.83. The molecule has 1 heterocycles. The lowest BCUT2D eigenvalue weighted by Crippen LogP contribution is -2.21. The molecule has 2 rings (SSSR count). The van der Waals surface area contributed by atoms with E-state index in [1.54, 1.807) is 12.1 Å². The molecule has 0 aliphatic heterocycles. The minimum absolute atomic E-state index is 0.157. The summed E-state index contributed by atoms with van der Waals surface area (Å²) in [5.41, 5.74) is 2.08. The molecule has 114 valence electrons. The van der Waals surface area contributed by atoms with Gasteiger partial charge in [-0.2, -0.15) is 0 Å². The van der Waals surface area contributed by atoms with E-state index in [4.69, 9.17) is 11.6 Å². The molecule has 0 aliphatic rings. The van der Waals surface area contributed by atoms with Gasteiger partial charge in [0.05, 0.1) is 10.7 Å². The van der Waals surface area contributed by atoms with Gasteiger partial charge in [0.25, 0.3) is 0 Å². The highest BCUT2D eigenvalue weighted by molar-refractivity contribution is 6.30. The smallest absolute Gasteiger partial charge is 0.141 e. The van der Waals surface area contributed by atoms with Gasteiger partial charge in [0.15, 0.2) is 0 Å². The lowest BCUT2D eigenvalue weighted by atomic mass is 10.2. The van der Waals surface area contributed by atoms with Crippen LogP contribution >= 0.6 is 11.6 Å². The summed E-state index contributed by atoms with van der Waals surface area (Å²) in [5, 5.41) is 3.57. The van der Waals surface area contributed by atoms with Crippen molar-refractivity contribution in [3.05, 3.63) is 52.3 Å². The maximum atomic E-state index is 13.2. The second kappa shape index (κ2) is 7.05. The second-order valence-corrected chi connectivity index (χ2v) is 6.06. The van der Waals surface area contributed by atoms with E-state index in [-0.39, 0.29) is 10.8 Å². The highest BCUT2D eigenvalue weighted by Gasteiger charge is 2.09. The Morgan fingerprint density at radius 1 is 1.38 bits per heavy atom. The average Bonchev–Trinajstić information content (AvgIpc) is 2.75. The number of halogens is 2. The molecule has 0 amide bonds. The maximum absolute atomic E-state index is 13.2. The van der Waals surface area contributed by atoms with Crippen molar-refractivity contribution in [1.82, 2.24) is 14.9 Å². The Bertz CT molecular complexity index is 608. The predicted octanol–water partition coefficient (Wildman–Crippen LogP) is 3.78. The molecule has 0 atom stereocenters. The van der Waals surface area contributed by atoms with Gasteiger partial charge >= 0.3 is 0 Å². The van der Waals surface area contributed by atoms with E-state index in [0.717, 1.165) is 30.2 Å². The first-order valence-electron chi connectivity index (χ1n) is 7.13. The van der Waals surface area contributed by atoms with Crippen LogP contribution in [-0.4, -0.2) is 16.1 Å². The molecule has 0 fully saturated rings. The molecule has 2 aromatic rings. The molecule has 5 heteroatoms. The second-order valence-electron chi connectivity index (χ2n) is 5.66. The quantitative estimate of drug-likeness (QED) is 0.880. The van der Waals surface area contributed by atoms with Gasteiger partial charge in [-0.3, -0.25) is 0 Å².